The molecule has 3 N–H and O–H groups in total. The Morgan fingerprint density at radius 2 is 1.82 bits per heavy atom. The van der Waals surface area contributed by atoms with Gasteiger partial charge in [-0.05, 0) is 24.6 Å². The van der Waals surface area contributed by atoms with Crippen LogP contribution in [0.25, 0.3) is 0 Å². The Bertz CT molecular complexity index is 1280. The van der Waals surface area contributed by atoms with Crippen molar-refractivity contribution >= 4 is 45.7 Å². The molecule has 0 spiro atoms. The molecule has 2 heterocycles. The molecule has 0 bridgehead atoms. The third-order valence-corrected chi connectivity index (χ3v) is 6.79. The van der Waals surface area contributed by atoms with E-state index in [2.05, 4.69) is 27.0 Å². The Balaban J connectivity index is 1.63. The second kappa shape index (κ2) is 10.8. The molecule has 0 fully saturated rings. The van der Waals surface area contributed by atoms with E-state index in [1.807, 2.05) is 60.7 Å². The highest BCUT2D eigenvalue weighted by Crippen LogP contribution is 2.40. The van der Waals surface area contributed by atoms with Crippen molar-refractivity contribution in [2.45, 2.75) is 12.8 Å². The molecule has 34 heavy (non-hydrogen) atoms. The Kier molecular flexibility index (Phi) is 7.42. The largest absolute Gasteiger partial charge is 0.353 e. The molecule has 1 aliphatic heterocycles. The Hall–Kier alpha value is -3.87. The second-order valence-corrected chi connectivity index (χ2v) is 9.24. The SMILES string of the molecule is CC1=C(C(=O)Nc2ccccc2)C(c2ccccc2)C(C#N)=C(SCC(=O)Nc2nccs2)N1. The summed E-state index contributed by atoms with van der Waals surface area (Å²) in [7, 11) is 0. The number of thiazole rings is 1. The number of dihydropyridines is 1. The van der Waals surface area contributed by atoms with Gasteiger partial charge in [-0.1, -0.05) is 60.3 Å². The van der Waals surface area contributed by atoms with Crippen LogP contribution < -0.4 is 16.0 Å². The number of aromatic nitrogens is 1. The number of benzene rings is 2. The van der Waals surface area contributed by atoms with Gasteiger partial charge in [-0.15, -0.1) is 11.3 Å². The maximum Gasteiger partial charge on any atom is 0.254 e. The van der Waals surface area contributed by atoms with Crippen LogP contribution in [-0.4, -0.2) is 22.6 Å². The van der Waals surface area contributed by atoms with Crippen molar-refractivity contribution in [1.82, 2.24) is 10.3 Å². The molecule has 0 aliphatic carbocycles. The van der Waals surface area contributed by atoms with Crippen LogP contribution in [0.3, 0.4) is 0 Å². The lowest BCUT2D eigenvalue weighted by molar-refractivity contribution is -0.114. The molecule has 1 unspecified atom stereocenters. The van der Waals surface area contributed by atoms with E-state index < -0.39 is 5.92 Å². The predicted molar refractivity (Wildman–Crippen MR) is 136 cm³/mol. The van der Waals surface area contributed by atoms with Crippen molar-refractivity contribution in [3.05, 3.63) is 99.7 Å². The first-order chi connectivity index (χ1) is 16.6. The summed E-state index contributed by atoms with van der Waals surface area (Å²) in [5.74, 6) is -0.992. The first-order valence-corrected chi connectivity index (χ1v) is 12.3. The number of allylic oxidation sites excluding steroid dienone is 2. The summed E-state index contributed by atoms with van der Waals surface area (Å²) in [5.41, 5.74) is 2.97. The van der Waals surface area contributed by atoms with Crippen molar-refractivity contribution in [2.24, 2.45) is 0 Å². The van der Waals surface area contributed by atoms with Gasteiger partial charge in [-0.2, -0.15) is 5.26 Å². The number of hydrogen-bond acceptors (Lipinski definition) is 7. The fourth-order valence-electron chi connectivity index (χ4n) is 3.60. The smallest absolute Gasteiger partial charge is 0.254 e. The van der Waals surface area contributed by atoms with Gasteiger partial charge in [0.15, 0.2) is 5.13 Å². The van der Waals surface area contributed by atoms with E-state index >= 15 is 0 Å². The number of nitrogens with zero attached hydrogens (tertiary/aromatic N) is 2. The van der Waals surface area contributed by atoms with Gasteiger partial charge in [0.1, 0.15) is 0 Å². The topological polar surface area (TPSA) is 107 Å². The minimum atomic E-state index is -0.569. The average molecular weight is 488 g/mol. The van der Waals surface area contributed by atoms with Gasteiger partial charge >= 0.3 is 0 Å². The van der Waals surface area contributed by atoms with Gasteiger partial charge in [-0.25, -0.2) is 4.98 Å². The van der Waals surface area contributed by atoms with E-state index in [0.29, 0.717) is 32.7 Å². The van der Waals surface area contributed by atoms with Crippen molar-refractivity contribution in [2.75, 3.05) is 16.4 Å². The summed E-state index contributed by atoms with van der Waals surface area (Å²) in [6.07, 6.45) is 1.62. The molecular weight excluding hydrogens is 466 g/mol. The molecular formula is C25H21N5O2S2. The molecule has 7 nitrogen and oxygen atoms in total. The molecule has 1 atom stereocenters. The van der Waals surface area contributed by atoms with Crippen LogP contribution in [0.1, 0.15) is 18.4 Å². The lowest BCUT2D eigenvalue weighted by Gasteiger charge is -2.29. The fourth-order valence-corrected chi connectivity index (χ4v) is 5.04. The molecule has 0 saturated heterocycles. The Morgan fingerprint density at radius 3 is 2.47 bits per heavy atom. The van der Waals surface area contributed by atoms with Crippen LogP contribution in [0.4, 0.5) is 10.8 Å². The van der Waals surface area contributed by atoms with Crippen LogP contribution >= 0.6 is 23.1 Å². The highest BCUT2D eigenvalue weighted by molar-refractivity contribution is 8.03. The van der Waals surface area contributed by atoms with E-state index in [1.165, 1.54) is 23.1 Å². The standard InChI is InChI=1S/C25H21N5O2S2/c1-16-21(23(32)29-18-10-6-3-7-11-18)22(17-8-4-2-5-9-17)19(14-26)24(28-16)34-15-20(31)30-25-27-12-13-33-25/h2-13,22,28H,15H2,1H3,(H,29,32)(H,27,30,31). The third-order valence-electron chi connectivity index (χ3n) is 5.08. The van der Waals surface area contributed by atoms with E-state index in [-0.39, 0.29) is 17.6 Å². The molecule has 4 rings (SSSR count). The number of amides is 2. The minimum Gasteiger partial charge on any atom is -0.353 e. The third kappa shape index (κ3) is 5.36. The summed E-state index contributed by atoms with van der Waals surface area (Å²) in [6.45, 7) is 1.81. The van der Waals surface area contributed by atoms with Gasteiger partial charge in [0.05, 0.1) is 28.3 Å². The lowest BCUT2D eigenvalue weighted by Crippen LogP contribution is -2.31. The molecule has 0 radical (unpaired) electrons. The zero-order valence-corrected chi connectivity index (χ0v) is 19.9. The number of para-hydroxylation sites is 1. The Morgan fingerprint density at radius 1 is 1.12 bits per heavy atom. The minimum absolute atomic E-state index is 0.0907. The molecule has 1 aromatic heterocycles. The number of rotatable bonds is 7. The number of carbonyl (C=O) groups is 2. The fraction of sp³-hybridized carbons (Fsp3) is 0.120. The molecule has 170 valence electrons. The van der Waals surface area contributed by atoms with Crippen molar-refractivity contribution in [3.8, 4) is 6.07 Å². The first-order valence-electron chi connectivity index (χ1n) is 10.4. The molecule has 2 amide bonds. The number of nitrogens with one attached hydrogen (secondary N) is 3. The summed E-state index contributed by atoms with van der Waals surface area (Å²) < 4.78 is 0. The summed E-state index contributed by atoms with van der Waals surface area (Å²) in [5, 5.41) is 21.8. The zero-order chi connectivity index (χ0) is 23.9. The van der Waals surface area contributed by atoms with E-state index in [9.17, 15) is 14.9 Å². The quantitative estimate of drug-likeness (QED) is 0.440. The number of anilines is 2. The normalized spacial score (nSPS) is 15.4. The monoisotopic (exact) mass is 487 g/mol. The van der Waals surface area contributed by atoms with Gasteiger partial charge < -0.3 is 16.0 Å². The molecule has 3 aromatic rings. The average Bonchev–Trinajstić information content (AvgIpc) is 3.36. The van der Waals surface area contributed by atoms with Crippen LogP contribution in [0.15, 0.2) is 94.1 Å². The van der Waals surface area contributed by atoms with Gasteiger partial charge in [0.25, 0.3) is 5.91 Å². The van der Waals surface area contributed by atoms with Crippen molar-refractivity contribution < 1.29 is 9.59 Å². The van der Waals surface area contributed by atoms with E-state index in [4.69, 9.17) is 0 Å². The maximum atomic E-state index is 13.4. The molecule has 9 heteroatoms. The zero-order valence-electron chi connectivity index (χ0n) is 18.2. The number of nitriles is 1. The summed E-state index contributed by atoms with van der Waals surface area (Å²) in [6, 6.07) is 20.9. The van der Waals surface area contributed by atoms with Crippen LogP contribution in [0.5, 0.6) is 0 Å². The first kappa shape index (κ1) is 23.3. The summed E-state index contributed by atoms with van der Waals surface area (Å²) in [4.78, 5) is 29.8. The molecule has 1 aliphatic rings. The van der Waals surface area contributed by atoms with Gasteiger partial charge in [0, 0.05) is 28.5 Å². The number of carbonyl (C=O) groups excluding carboxylic acids is 2. The van der Waals surface area contributed by atoms with E-state index in [1.54, 1.807) is 18.5 Å². The van der Waals surface area contributed by atoms with Gasteiger partial charge in [0.2, 0.25) is 5.91 Å². The molecule has 2 aromatic carbocycles. The highest BCUT2D eigenvalue weighted by Gasteiger charge is 2.34. The van der Waals surface area contributed by atoms with Crippen molar-refractivity contribution in [3.63, 3.8) is 0 Å². The summed E-state index contributed by atoms with van der Waals surface area (Å²) >= 11 is 2.56. The van der Waals surface area contributed by atoms with Crippen LogP contribution in [0.2, 0.25) is 0 Å². The number of hydrogen-bond donors (Lipinski definition) is 3. The maximum absolute atomic E-state index is 13.4. The number of thioether (sulfide) groups is 1. The Labute approximate surface area is 205 Å². The van der Waals surface area contributed by atoms with E-state index in [0.717, 1.165) is 5.56 Å². The van der Waals surface area contributed by atoms with Crippen molar-refractivity contribution in [1.29, 1.82) is 5.26 Å². The molecule has 0 saturated carbocycles. The predicted octanol–water partition coefficient (Wildman–Crippen LogP) is 4.85. The van der Waals surface area contributed by atoms with Crippen LogP contribution in [-0.2, 0) is 9.59 Å². The lowest BCUT2D eigenvalue weighted by atomic mass is 9.82. The van der Waals surface area contributed by atoms with Crippen LogP contribution in [0, 0.1) is 11.3 Å². The van der Waals surface area contributed by atoms with Gasteiger partial charge in [-0.3, -0.25) is 9.59 Å². The highest BCUT2D eigenvalue weighted by atomic mass is 32.2. The second-order valence-electron chi connectivity index (χ2n) is 7.36.